The molecule has 0 heterocycles. The van der Waals surface area contributed by atoms with Crippen LogP contribution < -0.4 is 0 Å². The fourth-order valence-corrected chi connectivity index (χ4v) is 1.33. The molecule has 0 aliphatic heterocycles. The number of carboxylic acid groups (broad SMARTS) is 1. The molecular formula is C9H8ClO3. The van der Waals surface area contributed by atoms with E-state index in [1.165, 1.54) is 12.2 Å². The maximum atomic E-state index is 10.4. The molecule has 0 saturated carbocycles. The maximum Gasteiger partial charge on any atom is 0.305 e. The maximum absolute atomic E-state index is 10.4. The standard InChI is InChI=1S/C9H8ClO3/c10-9(5-8(12)13)3-1-7(6-11)2-4-9/h1-4,7H,5H2,(H,12,13). The van der Waals surface area contributed by atoms with Gasteiger partial charge in [-0.3, -0.25) is 9.59 Å². The highest BCUT2D eigenvalue weighted by Gasteiger charge is 2.27. The summed E-state index contributed by atoms with van der Waals surface area (Å²) in [5, 5.41) is 8.52. The van der Waals surface area contributed by atoms with Crippen LogP contribution in [0.5, 0.6) is 0 Å². The molecule has 0 atom stereocenters. The van der Waals surface area contributed by atoms with Gasteiger partial charge in [0.25, 0.3) is 0 Å². The third kappa shape index (κ3) is 2.70. The van der Waals surface area contributed by atoms with Crippen LogP contribution in [0.2, 0.25) is 0 Å². The Kier molecular flexibility index (Phi) is 2.88. The van der Waals surface area contributed by atoms with Crippen LogP contribution in [-0.2, 0) is 9.59 Å². The normalized spacial score (nSPS) is 31.6. The molecule has 13 heavy (non-hydrogen) atoms. The molecule has 69 valence electrons. The number of aliphatic carboxylic acids is 1. The third-order valence-electron chi connectivity index (χ3n) is 1.72. The number of alkyl halides is 1. The van der Waals surface area contributed by atoms with Crippen LogP contribution in [-0.4, -0.2) is 22.2 Å². The molecule has 0 bridgehead atoms. The molecule has 4 heteroatoms. The van der Waals surface area contributed by atoms with E-state index in [1.807, 2.05) is 0 Å². The lowest BCUT2D eigenvalue weighted by Crippen LogP contribution is -2.22. The Morgan fingerprint density at radius 3 is 2.46 bits per heavy atom. The minimum atomic E-state index is -0.987. The Morgan fingerprint density at radius 1 is 1.54 bits per heavy atom. The Morgan fingerprint density at radius 2 is 2.08 bits per heavy atom. The second-order valence-electron chi connectivity index (χ2n) is 2.86. The van der Waals surface area contributed by atoms with Gasteiger partial charge in [0.1, 0.15) is 0 Å². The molecule has 1 rings (SSSR count). The highest BCUT2D eigenvalue weighted by atomic mass is 35.5. The fraction of sp³-hybridized carbons (Fsp3) is 0.333. The Bertz CT molecular complexity index is 267. The summed E-state index contributed by atoms with van der Waals surface area (Å²) in [6.45, 7) is 0. The largest absolute Gasteiger partial charge is 0.481 e. The first-order valence-electron chi connectivity index (χ1n) is 3.73. The molecule has 0 amide bonds. The molecule has 0 spiro atoms. The minimum Gasteiger partial charge on any atom is -0.481 e. The predicted octanol–water partition coefficient (Wildman–Crippen LogP) is 1.29. The first kappa shape index (κ1) is 9.99. The number of allylic oxidation sites excluding steroid dienone is 4. The van der Waals surface area contributed by atoms with E-state index < -0.39 is 16.8 Å². The predicted molar refractivity (Wildman–Crippen MR) is 48.3 cm³/mol. The summed E-state index contributed by atoms with van der Waals surface area (Å²) in [4.78, 5) is 19.6. The van der Waals surface area contributed by atoms with Gasteiger partial charge >= 0.3 is 5.97 Å². The molecule has 1 radical (unpaired) electrons. The van der Waals surface area contributed by atoms with Crippen LogP contribution >= 0.6 is 11.6 Å². The summed E-state index contributed by atoms with van der Waals surface area (Å²) in [6, 6.07) is 0. The molecule has 0 aromatic carbocycles. The van der Waals surface area contributed by atoms with Crippen molar-refractivity contribution in [1.82, 2.24) is 0 Å². The number of rotatable bonds is 3. The Hall–Kier alpha value is -1.09. The van der Waals surface area contributed by atoms with Gasteiger partial charge in [0.15, 0.2) is 0 Å². The van der Waals surface area contributed by atoms with Crippen molar-refractivity contribution in [3.63, 3.8) is 0 Å². The van der Waals surface area contributed by atoms with E-state index in [4.69, 9.17) is 16.7 Å². The van der Waals surface area contributed by atoms with Crippen LogP contribution in [0.4, 0.5) is 0 Å². The highest BCUT2D eigenvalue weighted by Crippen LogP contribution is 2.28. The average molecular weight is 200 g/mol. The third-order valence-corrected chi connectivity index (χ3v) is 2.11. The zero-order valence-electron chi connectivity index (χ0n) is 6.74. The zero-order chi connectivity index (χ0) is 9.90. The van der Waals surface area contributed by atoms with Crippen LogP contribution in [0.3, 0.4) is 0 Å². The Labute approximate surface area is 80.7 Å². The number of hydrogen-bond acceptors (Lipinski definition) is 2. The molecule has 3 nitrogen and oxygen atoms in total. The molecule has 1 aliphatic carbocycles. The van der Waals surface area contributed by atoms with Gasteiger partial charge in [0, 0.05) is 0 Å². The Balaban J connectivity index is 2.70. The summed E-state index contributed by atoms with van der Waals surface area (Å²) in [6.07, 6.45) is 7.69. The number of carbonyl (C=O) groups is 1. The van der Waals surface area contributed by atoms with E-state index in [9.17, 15) is 9.59 Å². The van der Waals surface area contributed by atoms with E-state index in [2.05, 4.69) is 0 Å². The first-order valence-corrected chi connectivity index (χ1v) is 4.11. The van der Waals surface area contributed by atoms with Crippen molar-refractivity contribution in [2.24, 2.45) is 5.92 Å². The van der Waals surface area contributed by atoms with E-state index in [1.54, 1.807) is 18.4 Å². The monoisotopic (exact) mass is 199 g/mol. The second kappa shape index (κ2) is 3.75. The van der Waals surface area contributed by atoms with Crippen LogP contribution in [0, 0.1) is 5.92 Å². The average Bonchev–Trinajstić information content (AvgIpc) is 2.04. The quantitative estimate of drug-likeness (QED) is 0.551. The molecule has 0 fully saturated rings. The molecule has 0 unspecified atom stereocenters. The lowest BCUT2D eigenvalue weighted by atomic mass is 9.94. The zero-order valence-corrected chi connectivity index (χ0v) is 7.49. The minimum absolute atomic E-state index is 0.187. The highest BCUT2D eigenvalue weighted by molar-refractivity contribution is 6.27. The van der Waals surface area contributed by atoms with Crippen LogP contribution in [0.25, 0.3) is 0 Å². The summed E-state index contributed by atoms with van der Waals surface area (Å²) in [5.41, 5.74) is 0. The van der Waals surface area contributed by atoms with Gasteiger partial charge in [-0.05, 0) is 0 Å². The van der Waals surface area contributed by atoms with Crippen molar-refractivity contribution in [2.75, 3.05) is 0 Å². The van der Waals surface area contributed by atoms with Gasteiger partial charge in [-0.25, -0.2) is 0 Å². The van der Waals surface area contributed by atoms with Gasteiger partial charge in [0.2, 0.25) is 6.29 Å². The van der Waals surface area contributed by atoms with Crippen molar-refractivity contribution in [3.8, 4) is 0 Å². The van der Waals surface area contributed by atoms with E-state index in [0.717, 1.165) is 0 Å². The van der Waals surface area contributed by atoms with Gasteiger partial charge in [0.05, 0.1) is 17.2 Å². The molecule has 1 aliphatic rings. The lowest BCUT2D eigenvalue weighted by Gasteiger charge is -2.20. The second-order valence-corrected chi connectivity index (χ2v) is 3.56. The van der Waals surface area contributed by atoms with Gasteiger partial charge in [-0.15, -0.1) is 11.6 Å². The number of hydrogen-bond donors (Lipinski definition) is 1. The summed E-state index contributed by atoms with van der Waals surface area (Å²) in [7, 11) is 0. The van der Waals surface area contributed by atoms with Crippen molar-refractivity contribution < 1.29 is 14.7 Å². The van der Waals surface area contributed by atoms with E-state index >= 15 is 0 Å². The smallest absolute Gasteiger partial charge is 0.305 e. The van der Waals surface area contributed by atoms with Crippen molar-refractivity contribution in [1.29, 1.82) is 0 Å². The molecule has 0 aromatic rings. The van der Waals surface area contributed by atoms with Crippen LogP contribution in [0.15, 0.2) is 24.3 Å². The van der Waals surface area contributed by atoms with Gasteiger partial charge in [-0.2, -0.15) is 0 Å². The SMILES string of the molecule is O=[C]C1C=CC(Cl)(CC(=O)O)C=C1. The van der Waals surface area contributed by atoms with Crippen LogP contribution in [0.1, 0.15) is 6.42 Å². The topological polar surface area (TPSA) is 54.4 Å². The summed E-state index contributed by atoms with van der Waals surface area (Å²) < 4.78 is 0. The summed E-state index contributed by atoms with van der Waals surface area (Å²) >= 11 is 5.91. The van der Waals surface area contributed by atoms with Crippen molar-refractivity contribution in [3.05, 3.63) is 24.3 Å². The number of carbonyl (C=O) groups excluding carboxylic acids is 1. The molecule has 1 N–H and O–H groups in total. The van der Waals surface area contributed by atoms with Crippen molar-refractivity contribution >= 4 is 23.9 Å². The van der Waals surface area contributed by atoms with Gasteiger partial charge in [-0.1, -0.05) is 24.3 Å². The van der Waals surface area contributed by atoms with Crippen molar-refractivity contribution in [2.45, 2.75) is 11.3 Å². The van der Waals surface area contributed by atoms with Gasteiger partial charge < -0.3 is 5.11 Å². The lowest BCUT2D eigenvalue weighted by molar-refractivity contribution is -0.137. The van der Waals surface area contributed by atoms with E-state index in [0.29, 0.717) is 0 Å². The number of carboxylic acids is 1. The first-order chi connectivity index (χ1) is 6.06. The van der Waals surface area contributed by atoms with E-state index in [-0.39, 0.29) is 6.42 Å². The molecular weight excluding hydrogens is 192 g/mol. The molecule has 0 saturated heterocycles. The summed E-state index contributed by atoms with van der Waals surface area (Å²) in [5.74, 6) is -1.38. The fourth-order valence-electron chi connectivity index (χ4n) is 1.08. The number of halogens is 1. The molecule has 0 aromatic heterocycles.